The Balaban J connectivity index is 1.71. The van der Waals surface area contributed by atoms with Crippen LogP contribution in [0.4, 0.5) is 0 Å². The molecule has 212 valence electrons. The summed E-state index contributed by atoms with van der Waals surface area (Å²) in [5, 5.41) is 4.55. The monoisotopic (exact) mass is 555 g/mol. The topological polar surface area (TPSA) is 142 Å². The summed E-state index contributed by atoms with van der Waals surface area (Å²) >= 11 is 0. The van der Waals surface area contributed by atoms with E-state index in [1.807, 2.05) is 60.7 Å². The van der Waals surface area contributed by atoms with Gasteiger partial charge in [0.25, 0.3) is 5.91 Å². The maximum absolute atomic E-state index is 13.8. The maximum atomic E-state index is 13.8. The van der Waals surface area contributed by atoms with Gasteiger partial charge in [0.05, 0.1) is 12.6 Å². The summed E-state index contributed by atoms with van der Waals surface area (Å²) in [4.78, 5) is 64.2. The third-order valence-electron chi connectivity index (χ3n) is 7.06. The van der Waals surface area contributed by atoms with Gasteiger partial charge in [-0.2, -0.15) is 0 Å². The Labute approximate surface area is 238 Å². The van der Waals surface area contributed by atoms with Crippen LogP contribution in [0.2, 0.25) is 0 Å². The quantitative estimate of drug-likeness (QED) is 0.288. The number of nitrogens with one attached hydrogen (secondary N) is 2. The average Bonchev–Trinajstić information content (AvgIpc) is 3.01. The van der Waals surface area contributed by atoms with Crippen molar-refractivity contribution in [2.75, 3.05) is 6.54 Å². The second-order valence-corrected chi connectivity index (χ2v) is 9.85. The van der Waals surface area contributed by atoms with E-state index in [2.05, 4.69) is 10.7 Å². The van der Waals surface area contributed by atoms with Gasteiger partial charge in [-0.15, -0.1) is 5.12 Å². The molecule has 0 bridgehead atoms. The summed E-state index contributed by atoms with van der Waals surface area (Å²) < 4.78 is 0. The Kier molecular flexibility index (Phi) is 9.95. The summed E-state index contributed by atoms with van der Waals surface area (Å²) in [5.74, 6) is -5.68. The molecule has 4 N–H and O–H groups in total. The molecule has 1 saturated carbocycles. The molecule has 0 spiro atoms. The highest BCUT2D eigenvalue weighted by molar-refractivity contribution is 6.38. The van der Waals surface area contributed by atoms with E-state index in [0.29, 0.717) is 12.8 Å². The van der Waals surface area contributed by atoms with Gasteiger partial charge in [0.2, 0.25) is 0 Å². The average molecular weight is 556 g/mol. The van der Waals surface area contributed by atoms with Crippen LogP contribution in [-0.4, -0.2) is 52.2 Å². The minimum atomic E-state index is -1.24. The van der Waals surface area contributed by atoms with Crippen molar-refractivity contribution >= 4 is 29.5 Å². The van der Waals surface area contributed by atoms with Crippen molar-refractivity contribution < 1.29 is 24.0 Å². The molecular weight excluding hydrogens is 522 g/mol. The van der Waals surface area contributed by atoms with E-state index < -0.39 is 35.6 Å². The molecule has 0 saturated heterocycles. The standard InChI is InChI=1S/C31H33N5O5/c32-27(37)29(39)34-35(21-26(22-13-5-1-6-14-22)23-15-7-2-8-16-23)36(25-19-11-4-12-20-25)31(41)30(40)33-28(38)24-17-9-3-10-18-24/h1-3,5-10,13-18,25-26H,4,11-12,19-21H2,(H2,32,37)(H,34,39)(H,33,38,40). The molecule has 0 aromatic heterocycles. The van der Waals surface area contributed by atoms with E-state index in [1.165, 1.54) is 22.3 Å². The van der Waals surface area contributed by atoms with Gasteiger partial charge >= 0.3 is 23.6 Å². The smallest absolute Gasteiger partial charge is 0.328 e. The highest BCUT2D eigenvalue weighted by Crippen LogP contribution is 2.29. The number of nitrogens with two attached hydrogens (primary N) is 1. The number of carbonyl (C=O) groups excluding carboxylic acids is 5. The van der Waals surface area contributed by atoms with Crippen LogP contribution in [-0.2, 0) is 19.2 Å². The zero-order chi connectivity index (χ0) is 29.2. The summed E-state index contributed by atoms with van der Waals surface area (Å²) in [7, 11) is 0. The van der Waals surface area contributed by atoms with Crippen LogP contribution in [0.25, 0.3) is 0 Å². The van der Waals surface area contributed by atoms with Gasteiger partial charge in [0, 0.05) is 11.5 Å². The van der Waals surface area contributed by atoms with E-state index in [4.69, 9.17) is 5.73 Å². The Morgan fingerprint density at radius 3 is 1.76 bits per heavy atom. The van der Waals surface area contributed by atoms with Crippen LogP contribution in [0.3, 0.4) is 0 Å². The predicted octanol–water partition coefficient (Wildman–Crippen LogP) is 2.67. The van der Waals surface area contributed by atoms with Crippen molar-refractivity contribution in [2.45, 2.75) is 44.1 Å². The van der Waals surface area contributed by atoms with E-state index >= 15 is 0 Å². The summed E-state index contributed by atoms with van der Waals surface area (Å²) in [6.45, 7) is -0.00476. The minimum Gasteiger partial charge on any atom is -0.361 e. The van der Waals surface area contributed by atoms with Gasteiger partial charge in [-0.1, -0.05) is 98.1 Å². The first kappa shape index (κ1) is 29.2. The second-order valence-electron chi connectivity index (χ2n) is 9.85. The normalized spacial score (nSPS) is 13.4. The molecule has 0 atom stereocenters. The van der Waals surface area contributed by atoms with Crippen LogP contribution in [0.1, 0.15) is 59.5 Å². The van der Waals surface area contributed by atoms with Gasteiger partial charge in [0.1, 0.15) is 0 Å². The van der Waals surface area contributed by atoms with Crippen molar-refractivity contribution in [2.24, 2.45) is 5.73 Å². The minimum absolute atomic E-state index is 0.00476. The maximum Gasteiger partial charge on any atom is 0.328 e. The third kappa shape index (κ3) is 7.64. The van der Waals surface area contributed by atoms with Crippen LogP contribution in [0.15, 0.2) is 91.0 Å². The Hall–Kier alpha value is -4.83. The molecular formula is C31H33N5O5. The molecule has 1 aliphatic carbocycles. The number of imide groups is 1. The number of hydrazine groups is 2. The number of hydrogen-bond donors (Lipinski definition) is 3. The molecule has 4 rings (SSSR count). The molecule has 41 heavy (non-hydrogen) atoms. The predicted molar refractivity (Wildman–Crippen MR) is 151 cm³/mol. The fourth-order valence-electron chi connectivity index (χ4n) is 5.03. The Morgan fingerprint density at radius 2 is 1.24 bits per heavy atom. The van der Waals surface area contributed by atoms with E-state index in [0.717, 1.165) is 30.4 Å². The lowest BCUT2D eigenvalue weighted by Gasteiger charge is -2.42. The first-order chi connectivity index (χ1) is 19.8. The van der Waals surface area contributed by atoms with Crippen LogP contribution in [0, 0.1) is 0 Å². The van der Waals surface area contributed by atoms with Crippen molar-refractivity contribution in [3.05, 3.63) is 108 Å². The highest BCUT2D eigenvalue weighted by Gasteiger charge is 2.37. The van der Waals surface area contributed by atoms with Gasteiger partial charge < -0.3 is 5.73 Å². The summed E-state index contributed by atoms with van der Waals surface area (Å²) in [5.41, 5.74) is 9.73. The SMILES string of the molecule is NC(=O)C(=O)NN(CC(c1ccccc1)c1ccccc1)N(C(=O)C(=O)NC(=O)c1ccccc1)C1CCCCC1. The summed E-state index contributed by atoms with van der Waals surface area (Å²) in [6.07, 6.45) is 3.70. The fourth-order valence-corrected chi connectivity index (χ4v) is 5.03. The highest BCUT2D eigenvalue weighted by atomic mass is 16.2. The van der Waals surface area contributed by atoms with E-state index in [9.17, 15) is 24.0 Å². The number of benzene rings is 3. The van der Waals surface area contributed by atoms with Gasteiger partial charge in [-0.3, -0.25) is 34.7 Å². The van der Waals surface area contributed by atoms with Crippen molar-refractivity contribution in [1.29, 1.82) is 0 Å². The largest absolute Gasteiger partial charge is 0.361 e. The first-order valence-corrected chi connectivity index (χ1v) is 13.6. The molecule has 3 aromatic carbocycles. The number of rotatable bonds is 8. The molecule has 1 aliphatic rings. The molecule has 0 aliphatic heterocycles. The zero-order valence-corrected chi connectivity index (χ0v) is 22.6. The molecule has 1 fully saturated rings. The van der Waals surface area contributed by atoms with Crippen molar-refractivity contribution in [1.82, 2.24) is 20.9 Å². The van der Waals surface area contributed by atoms with E-state index in [-0.39, 0.29) is 18.0 Å². The van der Waals surface area contributed by atoms with Crippen LogP contribution in [0.5, 0.6) is 0 Å². The van der Waals surface area contributed by atoms with Gasteiger partial charge in [0.15, 0.2) is 0 Å². The molecule has 3 aromatic rings. The number of amides is 5. The van der Waals surface area contributed by atoms with Gasteiger partial charge in [-0.25, -0.2) is 5.01 Å². The molecule has 0 radical (unpaired) electrons. The fraction of sp³-hybridized carbons (Fsp3) is 0.258. The lowest BCUT2D eigenvalue weighted by Crippen LogP contribution is -2.64. The molecule has 0 unspecified atom stereocenters. The lowest BCUT2D eigenvalue weighted by molar-refractivity contribution is -0.175. The van der Waals surface area contributed by atoms with Gasteiger partial charge in [-0.05, 0) is 36.1 Å². The number of primary amides is 1. The van der Waals surface area contributed by atoms with Crippen LogP contribution >= 0.6 is 0 Å². The van der Waals surface area contributed by atoms with Crippen molar-refractivity contribution in [3.8, 4) is 0 Å². The summed E-state index contributed by atoms with van der Waals surface area (Å²) in [6, 6.07) is 26.6. The Bertz CT molecular complexity index is 1320. The van der Waals surface area contributed by atoms with Crippen molar-refractivity contribution in [3.63, 3.8) is 0 Å². The first-order valence-electron chi connectivity index (χ1n) is 13.6. The number of nitrogens with zero attached hydrogens (tertiary/aromatic N) is 2. The third-order valence-corrected chi connectivity index (χ3v) is 7.06. The lowest BCUT2D eigenvalue weighted by atomic mass is 9.91. The Morgan fingerprint density at radius 1 is 0.732 bits per heavy atom. The number of hydrogen-bond acceptors (Lipinski definition) is 6. The van der Waals surface area contributed by atoms with Crippen LogP contribution < -0.4 is 16.5 Å². The second kappa shape index (κ2) is 14.0. The number of carbonyl (C=O) groups is 5. The molecule has 0 heterocycles. The molecule has 10 nitrogen and oxygen atoms in total. The molecule has 5 amide bonds. The van der Waals surface area contributed by atoms with E-state index in [1.54, 1.807) is 18.2 Å². The molecule has 10 heteroatoms. The zero-order valence-electron chi connectivity index (χ0n) is 22.6.